The van der Waals surface area contributed by atoms with Crippen LogP contribution < -0.4 is 0 Å². The number of aliphatic hydroxyl groups excluding tert-OH is 4. The van der Waals surface area contributed by atoms with Crippen molar-refractivity contribution in [3.8, 4) is 0 Å². The van der Waals surface area contributed by atoms with Gasteiger partial charge in [0.2, 0.25) is 0 Å². The van der Waals surface area contributed by atoms with Crippen LogP contribution in [0.4, 0.5) is 0 Å². The van der Waals surface area contributed by atoms with E-state index < -0.39 is 37.3 Å². The molecule has 1 heterocycles. The molecule has 1 saturated heterocycles. The predicted molar refractivity (Wildman–Crippen MR) is 101 cm³/mol. The number of benzene rings is 1. The third-order valence-corrected chi connectivity index (χ3v) is 5.97. The van der Waals surface area contributed by atoms with Gasteiger partial charge in [-0.25, -0.2) is 0 Å². The summed E-state index contributed by atoms with van der Waals surface area (Å²) in [7, 11) is 0. The first-order chi connectivity index (χ1) is 13.1. The Morgan fingerprint density at radius 1 is 1.18 bits per heavy atom. The van der Waals surface area contributed by atoms with Gasteiger partial charge in [0, 0.05) is 11.0 Å². The molecule has 0 radical (unpaired) electrons. The van der Waals surface area contributed by atoms with E-state index in [2.05, 4.69) is 6.07 Å². The van der Waals surface area contributed by atoms with Crippen molar-refractivity contribution in [2.24, 2.45) is 5.41 Å². The molecule has 1 aromatic rings. The first kappa shape index (κ1) is 21.4. The second-order valence-electron chi connectivity index (χ2n) is 8.54. The molecule has 3 rings (SSSR count). The Morgan fingerprint density at radius 3 is 2.50 bits per heavy atom. The van der Waals surface area contributed by atoms with E-state index in [9.17, 15) is 25.2 Å². The summed E-state index contributed by atoms with van der Waals surface area (Å²) in [5, 5.41) is 39.0. The molecule has 0 bridgehead atoms. The lowest BCUT2D eigenvalue weighted by Crippen LogP contribution is -2.59. The van der Waals surface area contributed by atoms with Crippen LogP contribution >= 0.6 is 0 Å². The Kier molecular flexibility index (Phi) is 5.96. The summed E-state index contributed by atoms with van der Waals surface area (Å²) < 4.78 is 11.0. The van der Waals surface area contributed by atoms with E-state index >= 15 is 0 Å². The number of Topliss-reactive ketones (excluding diaryl/α,β-unsaturated/α-hetero) is 1. The van der Waals surface area contributed by atoms with Crippen LogP contribution in [0.2, 0.25) is 0 Å². The van der Waals surface area contributed by atoms with Crippen molar-refractivity contribution < 1.29 is 34.7 Å². The minimum atomic E-state index is -1.46. The maximum Gasteiger partial charge on any atom is 0.186 e. The molecule has 7 nitrogen and oxygen atoms in total. The molecular weight excluding hydrogens is 364 g/mol. The van der Waals surface area contributed by atoms with Crippen LogP contribution in [-0.4, -0.2) is 70.1 Å². The van der Waals surface area contributed by atoms with Crippen molar-refractivity contribution in [2.75, 3.05) is 13.2 Å². The molecule has 0 aromatic heterocycles. The Balaban J connectivity index is 1.71. The minimum absolute atomic E-state index is 0.163. The first-order valence-corrected chi connectivity index (χ1v) is 9.67. The molecule has 0 unspecified atom stereocenters. The molecule has 4 N–H and O–H groups in total. The third-order valence-electron chi connectivity index (χ3n) is 5.97. The van der Waals surface area contributed by atoms with Crippen LogP contribution in [0.5, 0.6) is 0 Å². The molecule has 0 amide bonds. The van der Waals surface area contributed by atoms with Gasteiger partial charge in [0.05, 0.1) is 13.2 Å². The number of carbonyl (C=O) groups is 1. The molecule has 1 aromatic carbocycles. The standard InChI is InChI=1S/C21H30O7/c1-10-7-12-8-21(3,4)19(26)15(12)11(2)13(10)5-6-27-20-18(25)17(24)16(23)14(9-22)28-20/h7,14,16-18,20,22-25H,5-6,8-9H2,1-4H3/t14-,16-,17-,18-,20-/m1/s1. The number of hydrogen-bond donors (Lipinski definition) is 4. The lowest BCUT2D eigenvalue weighted by molar-refractivity contribution is -0.300. The second kappa shape index (κ2) is 7.82. The Hall–Kier alpha value is -1.35. The normalized spacial score (nSPS) is 31.9. The molecular formula is C21H30O7. The number of fused-ring (bicyclic) bond motifs is 1. The lowest BCUT2D eigenvalue weighted by atomic mass is 9.88. The van der Waals surface area contributed by atoms with E-state index in [-0.39, 0.29) is 17.8 Å². The quantitative estimate of drug-likeness (QED) is 0.572. The van der Waals surface area contributed by atoms with E-state index in [1.165, 1.54) is 0 Å². The molecule has 28 heavy (non-hydrogen) atoms. The monoisotopic (exact) mass is 394 g/mol. The van der Waals surface area contributed by atoms with Crippen molar-refractivity contribution in [1.82, 2.24) is 0 Å². The number of carbonyl (C=O) groups excluding carboxylic acids is 1. The molecule has 1 aliphatic carbocycles. The minimum Gasteiger partial charge on any atom is -0.394 e. The predicted octanol–water partition coefficient (Wildman–Crippen LogP) is 0.427. The SMILES string of the molecule is Cc1cc2c(c(C)c1CCO[C@@H]1O[C@H](CO)[C@@H](O)[C@@H](O)[C@H]1O)C(=O)C(C)(C)C2. The maximum atomic E-state index is 12.7. The molecule has 1 aliphatic heterocycles. The number of aryl methyl sites for hydroxylation is 1. The molecule has 156 valence electrons. The van der Waals surface area contributed by atoms with Gasteiger partial charge in [-0.15, -0.1) is 0 Å². The molecule has 0 saturated carbocycles. The van der Waals surface area contributed by atoms with Crippen molar-refractivity contribution in [1.29, 1.82) is 0 Å². The summed E-state index contributed by atoms with van der Waals surface area (Å²) in [6, 6.07) is 2.07. The summed E-state index contributed by atoms with van der Waals surface area (Å²) in [6.45, 7) is 7.59. The van der Waals surface area contributed by atoms with Crippen LogP contribution in [0.25, 0.3) is 0 Å². The summed E-state index contributed by atoms with van der Waals surface area (Å²) in [4.78, 5) is 12.7. The maximum absolute atomic E-state index is 12.7. The van der Waals surface area contributed by atoms with Crippen LogP contribution in [0.3, 0.4) is 0 Å². The number of ether oxygens (including phenoxy) is 2. The molecule has 1 fully saturated rings. The van der Waals surface area contributed by atoms with Crippen molar-refractivity contribution >= 4 is 5.78 Å². The van der Waals surface area contributed by atoms with Gasteiger partial charge in [0.25, 0.3) is 0 Å². The smallest absolute Gasteiger partial charge is 0.186 e. The second-order valence-corrected chi connectivity index (χ2v) is 8.54. The highest BCUT2D eigenvalue weighted by molar-refractivity contribution is 6.06. The number of aliphatic hydroxyl groups is 4. The van der Waals surface area contributed by atoms with Gasteiger partial charge in [0.15, 0.2) is 12.1 Å². The number of rotatable bonds is 5. The van der Waals surface area contributed by atoms with Crippen molar-refractivity contribution in [2.45, 2.75) is 71.2 Å². The van der Waals surface area contributed by atoms with E-state index in [1.54, 1.807) is 0 Å². The first-order valence-electron chi connectivity index (χ1n) is 9.67. The molecule has 0 spiro atoms. The van der Waals surface area contributed by atoms with Gasteiger partial charge in [0.1, 0.15) is 24.4 Å². The van der Waals surface area contributed by atoms with E-state index in [4.69, 9.17) is 9.47 Å². The van der Waals surface area contributed by atoms with Gasteiger partial charge < -0.3 is 29.9 Å². The zero-order chi connectivity index (χ0) is 20.8. The van der Waals surface area contributed by atoms with E-state index in [1.807, 2.05) is 27.7 Å². The largest absolute Gasteiger partial charge is 0.394 e. The van der Waals surface area contributed by atoms with E-state index in [0.717, 1.165) is 34.2 Å². The van der Waals surface area contributed by atoms with Crippen LogP contribution in [0.1, 0.15) is 46.5 Å². The number of ketones is 1. The van der Waals surface area contributed by atoms with Gasteiger partial charge in [-0.3, -0.25) is 4.79 Å². The van der Waals surface area contributed by atoms with Crippen molar-refractivity contribution in [3.63, 3.8) is 0 Å². The lowest BCUT2D eigenvalue weighted by Gasteiger charge is -2.39. The summed E-state index contributed by atoms with van der Waals surface area (Å²) in [6.07, 6.45) is -5.17. The fourth-order valence-corrected chi connectivity index (χ4v) is 4.33. The summed E-state index contributed by atoms with van der Waals surface area (Å²) in [5.41, 5.74) is 4.57. The summed E-state index contributed by atoms with van der Waals surface area (Å²) >= 11 is 0. The van der Waals surface area contributed by atoms with Gasteiger partial charge in [-0.1, -0.05) is 19.9 Å². The average molecular weight is 394 g/mol. The molecule has 7 heteroatoms. The Morgan fingerprint density at radius 2 is 1.86 bits per heavy atom. The molecule has 5 atom stereocenters. The van der Waals surface area contributed by atoms with Gasteiger partial charge in [-0.05, 0) is 48.9 Å². The van der Waals surface area contributed by atoms with Crippen molar-refractivity contribution in [3.05, 3.63) is 33.9 Å². The zero-order valence-electron chi connectivity index (χ0n) is 16.8. The highest BCUT2D eigenvalue weighted by Crippen LogP contribution is 2.39. The molecule has 2 aliphatic rings. The van der Waals surface area contributed by atoms with Gasteiger partial charge >= 0.3 is 0 Å². The Labute approximate surface area is 164 Å². The highest BCUT2D eigenvalue weighted by atomic mass is 16.7. The van der Waals surface area contributed by atoms with Crippen LogP contribution in [0, 0.1) is 19.3 Å². The fraction of sp³-hybridized carbons (Fsp3) is 0.667. The zero-order valence-corrected chi connectivity index (χ0v) is 16.8. The van der Waals surface area contributed by atoms with E-state index in [0.29, 0.717) is 6.42 Å². The Bertz CT molecular complexity index is 756. The highest BCUT2D eigenvalue weighted by Gasteiger charge is 2.44. The fourth-order valence-electron chi connectivity index (χ4n) is 4.33. The number of hydrogen-bond acceptors (Lipinski definition) is 7. The topological polar surface area (TPSA) is 116 Å². The average Bonchev–Trinajstić information content (AvgIpc) is 2.86. The van der Waals surface area contributed by atoms with Crippen LogP contribution in [-0.2, 0) is 22.3 Å². The third kappa shape index (κ3) is 3.63. The van der Waals surface area contributed by atoms with Crippen LogP contribution in [0.15, 0.2) is 6.07 Å². The van der Waals surface area contributed by atoms with Gasteiger partial charge in [-0.2, -0.15) is 0 Å². The summed E-state index contributed by atoms with van der Waals surface area (Å²) in [5.74, 6) is 0.163.